The molecule has 0 aromatic heterocycles. The number of carbonyl (C=O) groups excluding carboxylic acids is 4. The van der Waals surface area contributed by atoms with Gasteiger partial charge in [-0.2, -0.15) is 0 Å². The molecule has 0 aromatic carbocycles. The van der Waals surface area contributed by atoms with Crippen molar-refractivity contribution < 1.29 is 62.2 Å². The Balaban J connectivity index is 2.51. The predicted octanol–water partition coefficient (Wildman–Crippen LogP) is 1.01. The van der Waals surface area contributed by atoms with E-state index in [1.807, 2.05) is 13.8 Å². The minimum absolute atomic E-state index is 0.127. The van der Waals surface area contributed by atoms with Gasteiger partial charge in [0.2, 0.25) is 0 Å². The molecule has 10 atom stereocenters. The summed E-state index contributed by atoms with van der Waals surface area (Å²) in [4.78, 5) is 48.0. The fourth-order valence-corrected chi connectivity index (χ4v) is 4.77. The lowest BCUT2D eigenvalue weighted by Gasteiger charge is -2.48. The zero-order chi connectivity index (χ0) is 28.6. The van der Waals surface area contributed by atoms with Crippen LogP contribution in [0.15, 0.2) is 0 Å². The normalized spacial score (nSPS) is 35.2. The second-order valence-corrected chi connectivity index (χ2v) is 9.25. The molecule has 1 N–H and O–H groups in total. The van der Waals surface area contributed by atoms with Gasteiger partial charge in [-0.05, 0) is 12.8 Å². The van der Waals surface area contributed by atoms with Crippen molar-refractivity contribution in [1.82, 2.24) is 0 Å². The molecule has 2 aliphatic rings. The van der Waals surface area contributed by atoms with Gasteiger partial charge in [0.1, 0.15) is 12.2 Å². The fraction of sp³-hybridized carbons (Fsp3) is 0.840. The molecule has 13 heteroatoms. The van der Waals surface area contributed by atoms with Crippen LogP contribution in [-0.4, -0.2) is 97.5 Å². The molecule has 0 aliphatic carbocycles. The van der Waals surface area contributed by atoms with Crippen molar-refractivity contribution in [3.05, 3.63) is 0 Å². The molecule has 2 heterocycles. The quantitative estimate of drug-likeness (QED) is 0.288. The van der Waals surface area contributed by atoms with Crippen molar-refractivity contribution in [2.75, 3.05) is 13.2 Å². The fourth-order valence-electron chi connectivity index (χ4n) is 4.77. The summed E-state index contributed by atoms with van der Waals surface area (Å²) in [6, 6.07) is 0. The van der Waals surface area contributed by atoms with Crippen molar-refractivity contribution >= 4 is 23.9 Å². The lowest BCUT2D eigenvalue weighted by Crippen LogP contribution is -2.64. The number of hydrogen-bond acceptors (Lipinski definition) is 13. The van der Waals surface area contributed by atoms with Crippen LogP contribution in [0.2, 0.25) is 0 Å². The van der Waals surface area contributed by atoms with Gasteiger partial charge < -0.3 is 43.0 Å². The van der Waals surface area contributed by atoms with E-state index in [1.165, 1.54) is 27.7 Å². The predicted molar refractivity (Wildman–Crippen MR) is 127 cm³/mol. The van der Waals surface area contributed by atoms with Crippen LogP contribution in [0.4, 0.5) is 0 Å². The SMILES string of the molecule is CC[C@H]1O[C@@H](OCCO)[C@H](OC(C)=O)[C@@H](OC(C)=O)C1OC1O[C@H](CC)[C@@H](C)[C@H](OC(C)=O)[C@H]1OC(C)=O. The average Bonchev–Trinajstić information content (AvgIpc) is 2.83. The number of aliphatic hydroxyl groups excluding tert-OH is 1. The van der Waals surface area contributed by atoms with E-state index in [-0.39, 0.29) is 19.1 Å². The molecular formula is C25H40O13. The van der Waals surface area contributed by atoms with Crippen LogP contribution in [0.25, 0.3) is 0 Å². The summed E-state index contributed by atoms with van der Waals surface area (Å²) in [6.45, 7) is 9.86. The molecule has 0 spiro atoms. The van der Waals surface area contributed by atoms with Crippen molar-refractivity contribution in [3.8, 4) is 0 Å². The third kappa shape index (κ3) is 8.34. The van der Waals surface area contributed by atoms with Crippen LogP contribution in [0.3, 0.4) is 0 Å². The zero-order valence-corrected chi connectivity index (χ0v) is 22.9. The van der Waals surface area contributed by atoms with Crippen LogP contribution in [0.1, 0.15) is 61.3 Å². The van der Waals surface area contributed by atoms with E-state index in [0.717, 1.165) is 0 Å². The Kier molecular flexibility index (Phi) is 12.4. The van der Waals surface area contributed by atoms with Crippen molar-refractivity contribution in [2.45, 2.75) is 117 Å². The molecule has 0 aromatic rings. The molecule has 13 nitrogen and oxygen atoms in total. The molecule has 2 rings (SSSR count). The minimum Gasteiger partial charge on any atom is -0.458 e. The van der Waals surface area contributed by atoms with Crippen LogP contribution >= 0.6 is 0 Å². The highest BCUT2D eigenvalue weighted by molar-refractivity contribution is 5.68. The zero-order valence-electron chi connectivity index (χ0n) is 22.9. The summed E-state index contributed by atoms with van der Waals surface area (Å²) >= 11 is 0. The summed E-state index contributed by atoms with van der Waals surface area (Å²) in [6.07, 6.45) is -8.32. The van der Waals surface area contributed by atoms with E-state index in [4.69, 9.17) is 37.9 Å². The summed E-state index contributed by atoms with van der Waals surface area (Å²) < 4.78 is 46.1. The molecule has 0 radical (unpaired) electrons. The maximum atomic E-state index is 12.1. The highest BCUT2D eigenvalue weighted by Gasteiger charge is 2.55. The minimum atomic E-state index is -1.25. The first-order chi connectivity index (χ1) is 17.9. The van der Waals surface area contributed by atoms with E-state index in [2.05, 4.69) is 0 Å². The van der Waals surface area contributed by atoms with Gasteiger partial charge in [-0.3, -0.25) is 19.2 Å². The Labute approximate surface area is 222 Å². The summed E-state index contributed by atoms with van der Waals surface area (Å²) in [7, 11) is 0. The van der Waals surface area contributed by atoms with Gasteiger partial charge in [-0.1, -0.05) is 20.8 Å². The van der Waals surface area contributed by atoms with E-state index in [0.29, 0.717) is 12.8 Å². The van der Waals surface area contributed by atoms with Gasteiger partial charge in [0, 0.05) is 33.6 Å². The monoisotopic (exact) mass is 548 g/mol. The van der Waals surface area contributed by atoms with Gasteiger partial charge in [-0.25, -0.2) is 0 Å². The maximum absolute atomic E-state index is 12.1. The van der Waals surface area contributed by atoms with E-state index in [1.54, 1.807) is 6.92 Å². The van der Waals surface area contributed by atoms with Crippen LogP contribution in [0.5, 0.6) is 0 Å². The van der Waals surface area contributed by atoms with Gasteiger partial charge in [-0.15, -0.1) is 0 Å². The van der Waals surface area contributed by atoms with Crippen molar-refractivity contribution in [3.63, 3.8) is 0 Å². The first kappa shape index (κ1) is 31.9. The lowest BCUT2D eigenvalue weighted by atomic mass is 9.88. The third-order valence-electron chi connectivity index (χ3n) is 6.27. The summed E-state index contributed by atoms with van der Waals surface area (Å²) in [5.74, 6) is -2.93. The number of ether oxygens (including phenoxy) is 8. The first-order valence-electron chi connectivity index (χ1n) is 12.8. The Morgan fingerprint density at radius 1 is 0.658 bits per heavy atom. The number of aliphatic hydroxyl groups is 1. The summed E-state index contributed by atoms with van der Waals surface area (Å²) in [5, 5.41) is 9.23. The molecule has 2 aliphatic heterocycles. The lowest BCUT2D eigenvalue weighted by molar-refractivity contribution is -0.354. The largest absolute Gasteiger partial charge is 0.458 e. The molecular weight excluding hydrogens is 508 g/mol. The van der Waals surface area contributed by atoms with Crippen molar-refractivity contribution in [1.29, 1.82) is 0 Å². The molecule has 2 unspecified atom stereocenters. The Bertz CT molecular complexity index is 817. The van der Waals surface area contributed by atoms with Gasteiger partial charge in [0.25, 0.3) is 0 Å². The standard InChI is InChI=1S/C25H40O13/c1-8-17-12(3)19(32-13(4)27)22(34-15(6)29)25(36-17)38-20-18(9-2)37-24(31-11-10-26)23(35-16(7)30)21(20)33-14(5)28/h12,17-26H,8-11H2,1-7H3/t12-,17-,18-,19+,20?,21+,22-,23-,24-,25?/m1/s1. The van der Waals surface area contributed by atoms with Gasteiger partial charge in [0.15, 0.2) is 30.9 Å². The van der Waals surface area contributed by atoms with Crippen LogP contribution < -0.4 is 0 Å². The van der Waals surface area contributed by atoms with Gasteiger partial charge >= 0.3 is 23.9 Å². The average molecular weight is 549 g/mol. The van der Waals surface area contributed by atoms with E-state index < -0.39 is 79.2 Å². The Morgan fingerprint density at radius 2 is 1.11 bits per heavy atom. The van der Waals surface area contributed by atoms with Crippen LogP contribution in [-0.2, 0) is 57.1 Å². The molecule has 38 heavy (non-hydrogen) atoms. The highest BCUT2D eigenvalue weighted by Crippen LogP contribution is 2.37. The number of hydrogen-bond donors (Lipinski definition) is 1. The second-order valence-electron chi connectivity index (χ2n) is 9.25. The maximum Gasteiger partial charge on any atom is 0.303 e. The van der Waals surface area contributed by atoms with E-state index in [9.17, 15) is 24.3 Å². The Morgan fingerprint density at radius 3 is 1.58 bits per heavy atom. The second kappa shape index (κ2) is 14.7. The molecule has 2 fully saturated rings. The van der Waals surface area contributed by atoms with E-state index >= 15 is 0 Å². The Hall–Kier alpha value is -2.32. The topological polar surface area (TPSA) is 162 Å². The molecule has 2 saturated heterocycles. The number of esters is 4. The molecule has 0 amide bonds. The number of rotatable bonds is 11. The van der Waals surface area contributed by atoms with Crippen molar-refractivity contribution in [2.24, 2.45) is 5.92 Å². The molecule has 0 bridgehead atoms. The molecule has 218 valence electrons. The highest BCUT2D eigenvalue weighted by atomic mass is 16.8. The third-order valence-corrected chi connectivity index (χ3v) is 6.27. The molecule has 0 saturated carbocycles. The van der Waals surface area contributed by atoms with Crippen LogP contribution in [0, 0.1) is 5.92 Å². The van der Waals surface area contributed by atoms with Gasteiger partial charge in [0.05, 0.1) is 25.4 Å². The first-order valence-corrected chi connectivity index (χ1v) is 12.8. The smallest absolute Gasteiger partial charge is 0.303 e. The number of carbonyl (C=O) groups is 4. The summed E-state index contributed by atoms with van der Waals surface area (Å²) in [5.41, 5.74) is 0.